The first kappa shape index (κ1) is 14.3. The van der Waals surface area contributed by atoms with Crippen LogP contribution in [-0.2, 0) is 14.2 Å². The predicted molar refractivity (Wildman–Crippen MR) is 70.6 cm³/mol. The Bertz CT molecular complexity index is 223. The van der Waals surface area contributed by atoms with Crippen LogP contribution in [0.1, 0.15) is 39.0 Å². The lowest BCUT2D eigenvalue weighted by molar-refractivity contribution is -0.170. The Hall–Kier alpha value is -0.160. The fourth-order valence-corrected chi connectivity index (χ4v) is 2.64. The summed E-state index contributed by atoms with van der Waals surface area (Å²) in [6.07, 6.45) is 5.94. The van der Waals surface area contributed by atoms with E-state index in [4.69, 9.17) is 14.2 Å². The highest BCUT2D eigenvalue weighted by atomic mass is 16.7. The Morgan fingerprint density at radius 1 is 1.28 bits per heavy atom. The van der Waals surface area contributed by atoms with E-state index >= 15 is 0 Å². The molecule has 2 saturated heterocycles. The number of ether oxygens (including phenoxy) is 3. The third kappa shape index (κ3) is 4.84. The van der Waals surface area contributed by atoms with Gasteiger partial charge >= 0.3 is 0 Å². The Kier molecular flexibility index (Phi) is 5.89. The molecule has 2 fully saturated rings. The maximum absolute atomic E-state index is 5.75. The lowest BCUT2D eigenvalue weighted by Gasteiger charge is -2.33. The van der Waals surface area contributed by atoms with Crippen LogP contribution in [0.25, 0.3) is 0 Å². The standard InChI is InChI=1S/C14H27NO3/c1-14(6-4-7-15-11-14)12-16-9-10-18-13-5-2-3-8-17-13/h13,15H,2-12H2,1H3/t13?,14-/m0/s1. The topological polar surface area (TPSA) is 39.7 Å². The molecule has 2 heterocycles. The number of hydrogen-bond donors (Lipinski definition) is 1. The average Bonchev–Trinajstić information content (AvgIpc) is 2.40. The van der Waals surface area contributed by atoms with Crippen LogP contribution >= 0.6 is 0 Å². The second-order valence-electron chi connectivity index (χ2n) is 5.81. The smallest absolute Gasteiger partial charge is 0.157 e. The monoisotopic (exact) mass is 257 g/mol. The maximum Gasteiger partial charge on any atom is 0.157 e. The fraction of sp³-hybridized carbons (Fsp3) is 1.00. The number of nitrogens with one attached hydrogen (secondary N) is 1. The largest absolute Gasteiger partial charge is 0.378 e. The summed E-state index contributed by atoms with van der Waals surface area (Å²) in [4.78, 5) is 0. The van der Waals surface area contributed by atoms with Crippen molar-refractivity contribution in [3.05, 3.63) is 0 Å². The molecule has 2 atom stereocenters. The molecule has 18 heavy (non-hydrogen) atoms. The van der Waals surface area contributed by atoms with Crippen LogP contribution in [-0.4, -0.2) is 45.8 Å². The van der Waals surface area contributed by atoms with Crippen molar-refractivity contribution in [2.45, 2.75) is 45.3 Å². The van der Waals surface area contributed by atoms with Gasteiger partial charge in [-0.25, -0.2) is 0 Å². The highest BCUT2D eigenvalue weighted by molar-refractivity contribution is 4.80. The van der Waals surface area contributed by atoms with E-state index in [9.17, 15) is 0 Å². The third-order valence-electron chi connectivity index (χ3n) is 3.81. The van der Waals surface area contributed by atoms with Crippen LogP contribution in [0.2, 0.25) is 0 Å². The van der Waals surface area contributed by atoms with Gasteiger partial charge in [-0.2, -0.15) is 0 Å². The Balaban J connectivity index is 1.50. The first-order chi connectivity index (χ1) is 8.79. The second kappa shape index (κ2) is 7.43. The van der Waals surface area contributed by atoms with Crippen molar-refractivity contribution >= 4 is 0 Å². The summed E-state index contributed by atoms with van der Waals surface area (Å²) in [5, 5.41) is 3.44. The van der Waals surface area contributed by atoms with Crippen LogP contribution in [0, 0.1) is 5.41 Å². The van der Waals surface area contributed by atoms with Crippen LogP contribution in [0.3, 0.4) is 0 Å². The van der Waals surface area contributed by atoms with Gasteiger partial charge in [0.1, 0.15) is 0 Å². The van der Waals surface area contributed by atoms with Gasteiger partial charge in [0.15, 0.2) is 6.29 Å². The quantitative estimate of drug-likeness (QED) is 0.738. The van der Waals surface area contributed by atoms with Gasteiger partial charge in [0, 0.05) is 18.6 Å². The number of rotatable bonds is 6. The van der Waals surface area contributed by atoms with E-state index in [0.29, 0.717) is 18.6 Å². The van der Waals surface area contributed by atoms with Crippen molar-refractivity contribution in [3.8, 4) is 0 Å². The van der Waals surface area contributed by atoms with Crippen molar-refractivity contribution in [1.29, 1.82) is 0 Å². The highest BCUT2D eigenvalue weighted by Crippen LogP contribution is 2.25. The molecule has 0 spiro atoms. The summed E-state index contributed by atoms with van der Waals surface area (Å²) < 4.78 is 16.9. The van der Waals surface area contributed by atoms with Crippen LogP contribution < -0.4 is 5.32 Å². The van der Waals surface area contributed by atoms with Gasteiger partial charge in [-0.1, -0.05) is 6.92 Å². The van der Waals surface area contributed by atoms with E-state index < -0.39 is 0 Å². The molecule has 0 radical (unpaired) electrons. The van der Waals surface area contributed by atoms with E-state index in [-0.39, 0.29) is 6.29 Å². The molecule has 1 N–H and O–H groups in total. The molecular formula is C14H27NO3. The lowest BCUT2D eigenvalue weighted by atomic mass is 9.84. The predicted octanol–water partition coefficient (Wildman–Crippen LogP) is 1.94. The molecule has 0 saturated carbocycles. The minimum absolute atomic E-state index is 0.00860. The normalized spacial score (nSPS) is 33.5. The molecule has 106 valence electrons. The zero-order valence-electron chi connectivity index (χ0n) is 11.6. The molecule has 0 amide bonds. The maximum atomic E-state index is 5.75. The van der Waals surface area contributed by atoms with E-state index in [0.717, 1.165) is 32.7 Å². The van der Waals surface area contributed by atoms with E-state index in [1.165, 1.54) is 25.7 Å². The van der Waals surface area contributed by atoms with Gasteiger partial charge in [-0.15, -0.1) is 0 Å². The molecular weight excluding hydrogens is 230 g/mol. The number of hydrogen-bond acceptors (Lipinski definition) is 4. The third-order valence-corrected chi connectivity index (χ3v) is 3.81. The van der Waals surface area contributed by atoms with E-state index in [1.807, 2.05) is 0 Å². The highest BCUT2D eigenvalue weighted by Gasteiger charge is 2.26. The van der Waals surface area contributed by atoms with Crippen LogP contribution in [0.5, 0.6) is 0 Å². The summed E-state index contributed by atoms with van der Waals surface area (Å²) in [7, 11) is 0. The fourth-order valence-electron chi connectivity index (χ4n) is 2.64. The molecule has 0 aromatic rings. The summed E-state index contributed by atoms with van der Waals surface area (Å²) in [6, 6.07) is 0. The van der Waals surface area contributed by atoms with Gasteiger partial charge < -0.3 is 19.5 Å². The van der Waals surface area contributed by atoms with Crippen molar-refractivity contribution in [1.82, 2.24) is 5.32 Å². The Morgan fingerprint density at radius 2 is 2.22 bits per heavy atom. The Morgan fingerprint density at radius 3 is 2.94 bits per heavy atom. The molecule has 2 aliphatic heterocycles. The molecule has 1 unspecified atom stereocenters. The van der Waals surface area contributed by atoms with Crippen LogP contribution in [0.15, 0.2) is 0 Å². The van der Waals surface area contributed by atoms with E-state index in [1.54, 1.807) is 0 Å². The molecule has 0 aliphatic carbocycles. The first-order valence-corrected chi connectivity index (χ1v) is 7.30. The summed E-state index contributed by atoms with van der Waals surface area (Å²) >= 11 is 0. The van der Waals surface area contributed by atoms with Gasteiger partial charge in [0.25, 0.3) is 0 Å². The Labute approximate surface area is 110 Å². The molecule has 4 nitrogen and oxygen atoms in total. The molecule has 0 aromatic heterocycles. The van der Waals surface area contributed by atoms with Crippen molar-refractivity contribution in [2.24, 2.45) is 5.41 Å². The SMILES string of the molecule is C[C@]1(COCCOC2CCCCO2)CCCNC1. The summed E-state index contributed by atoms with van der Waals surface area (Å²) in [5.41, 5.74) is 0.305. The van der Waals surface area contributed by atoms with Gasteiger partial charge in [-0.05, 0) is 38.6 Å². The molecule has 4 heteroatoms. The second-order valence-corrected chi connectivity index (χ2v) is 5.81. The minimum Gasteiger partial charge on any atom is -0.378 e. The lowest BCUT2D eigenvalue weighted by Crippen LogP contribution is -2.41. The molecule has 0 aromatic carbocycles. The number of piperidine rings is 1. The van der Waals surface area contributed by atoms with E-state index in [2.05, 4.69) is 12.2 Å². The van der Waals surface area contributed by atoms with Gasteiger partial charge in [0.2, 0.25) is 0 Å². The van der Waals surface area contributed by atoms with Crippen LogP contribution in [0.4, 0.5) is 0 Å². The van der Waals surface area contributed by atoms with Crippen molar-refractivity contribution < 1.29 is 14.2 Å². The average molecular weight is 257 g/mol. The molecule has 2 rings (SSSR count). The van der Waals surface area contributed by atoms with Crippen molar-refractivity contribution in [3.63, 3.8) is 0 Å². The summed E-state index contributed by atoms with van der Waals surface area (Å²) in [6.45, 7) is 7.51. The van der Waals surface area contributed by atoms with Gasteiger partial charge in [0.05, 0.1) is 19.8 Å². The zero-order valence-corrected chi connectivity index (χ0v) is 11.6. The molecule has 2 aliphatic rings. The summed E-state index contributed by atoms with van der Waals surface area (Å²) in [5.74, 6) is 0. The molecule has 0 bridgehead atoms. The minimum atomic E-state index is 0.00860. The first-order valence-electron chi connectivity index (χ1n) is 7.30. The van der Waals surface area contributed by atoms with Crippen molar-refractivity contribution in [2.75, 3.05) is 39.5 Å². The zero-order chi connectivity index (χ0) is 12.7. The van der Waals surface area contributed by atoms with Gasteiger partial charge in [-0.3, -0.25) is 0 Å².